The fourth-order valence-electron chi connectivity index (χ4n) is 2.15. The summed E-state index contributed by atoms with van der Waals surface area (Å²) in [6.45, 7) is 2.67. The number of aromatic nitrogens is 1. The molecule has 1 aromatic rings. The van der Waals surface area contributed by atoms with E-state index in [0.29, 0.717) is 25.1 Å². The molecule has 1 unspecified atom stereocenters. The van der Waals surface area contributed by atoms with E-state index in [2.05, 4.69) is 4.98 Å². The quantitative estimate of drug-likeness (QED) is 0.739. The molecule has 0 bridgehead atoms. The summed E-state index contributed by atoms with van der Waals surface area (Å²) >= 11 is 0. The minimum atomic E-state index is -0.824. The molecule has 92 valence electrons. The fraction of sp³-hybridized carbons (Fsp3) is 0.500. The van der Waals surface area contributed by atoms with E-state index in [9.17, 15) is 14.7 Å². The van der Waals surface area contributed by atoms with Gasteiger partial charge in [-0.1, -0.05) is 0 Å². The van der Waals surface area contributed by atoms with Crippen molar-refractivity contribution in [3.8, 4) is 0 Å². The monoisotopic (exact) mass is 236 g/mol. The fourth-order valence-corrected chi connectivity index (χ4v) is 2.15. The third kappa shape index (κ3) is 2.74. The maximum atomic E-state index is 12.1. The standard InChI is InChI=1S/C12H16N2O3/c1-12(17)4-2-6-14(8-12)11(16)9-3-5-13-10(15)7-9/h3,5,7,17H,2,4,6,8H2,1H3,(H,13,15). The van der Waals surface area contributed by atoms with Crippen molar-refractivity contribution in [3.05, 3.63) is 34.2 Å². The Kier molecular flexibility index (Phi) is 3.02. The number of carbonyl (C=O) groups excluding carboxylic acids is 1. The number of rotatable bonds is 1. The highest BCUT2D eigenvalue weighted by Gasteiger charge is 2.31. The Labute approximate surface area is 99.1 Å². The highest BCUT2D eigenvalue weighted by Crippen LogP contribution is 2.21. The molecule has 0 radical (unpaired) electrons. The first-order valence-corrected chi connectivity index (χ1v) is 5.68. The molecule has 17 heavy (non-hydrogen) atoms. The van der Waals surface area contributed by atoms with E-state index in [-0.39, 0.29) is 11.5 Å². The molecule has 0 spiro atoms. The lowest BCUT2D eigenvalue weighted by molar-refractivity contribution is -0.0107. The Bertz CT molecular complexity index is 479. The molecule has 2 N–H and O–H groups in total. The first kappa shape index (κ1) is 11.9. The van der Waals surface area contributed by atoms with E-state index in [4.69, 9.17) is 0 Å². The Morgan fingerprint density at radius 3 is 3.00 bits per heavy atom. The van der Waals surface area contributed by atoms with Gasteiger partial charge in [0, 0.05) is 30.9 Å². The molecule has 1 saturated heterocycles. The largest absolute Gasteiger partial charge is 0.388 e. The Morgan fingerprint density at radius 2 is 2.35 bits per heavy atom. The summed E-state index contributed by atoms with van der Waals surface area (Å²) in [5.41, 5.74) is -0.749. The van der Waals surface area contributed by atoms with Crippen molar-refractivity contribution in [1.29, 1.82) is 0 Å². The molecule has 1 aliphatic rings. The van der Waals surface area contributed by atoms with Crippen LogP contribution < -0.4 is 5.56 Å². The molecular weight excluding hydrogens is 220 g/mol. The average molecular weight is 236 g/mol. The third-order valence-electron chi connectivity index (χ3n) is 2.98. The summed E-state index contributed by atoms with van der Waals surface area (Å²) in [5.74, 6) is -0.198. The number of H-pyrrole nitrogens is 1. The van der Waals surface area contributed by atoms with Gasteiger partial charge in [0.15, 0.2) is 0 Å². The van der Waals surface area contributed by atoms with Gasteiger partial charge in [-0.15, -0.1) is 0 Å². The van der Waals surface area contributed by atoms with Crippen LogP contribution in [0, 0.1) is 0 Å². The molecule has 0 aliphatic carbocycles. The van der Waals surface area contributed by atoms with Gasteiger partial charge in [-0.3, -0.25) is 9.59 Å². The Morgan fingerprint density at radius 1 is 1.59 bits per heavy atom. The molecule has 2 rings (SSSR count). The van der Waals surface area contributed by atoms with Crippen molar-refractivity contribution in [1.82, 2.24) is 9.88 Å². The second kappa shape index (κ2) is 4.33. The van der Waals surface area contributed by atoms with Gasteiger partial charge < -0.3 is 15.0 Å². The molecule has 1 aromatic heterocycles. The molecular formula is C12H16N2O3. The average Bonchev–Trinajstić information content (AvgIpc) is 2.26. The van der Waals surface area contributed by atoms with Crippen LogP contribution in [0.25, 0.3) is 0 Å². The van der Waals surface area contributed by atoms with E-state index < -0.39 is 5.60 Å². The highest BCUT2D eigenvalue weighted by atomic mass is 16.3. The molecule has 1 amide bonds. The van der Waals surface area contributed by atoms with Crippen LogP contribution in [-0.4, -0.2) is 39.6 Å². The van der Waals surface area contributed by atoms with Gasteiger partial charge in [0.25, 0.3) is 5.91 Å². The Balaban J connectivity index is 2.18. The van der Waals surface area contributed by atoms with Crippen LogP contribution in [0.3, 0.4) is 0 Å². The van der Waals surface area contributed by atoms with Crippen molar-refractivity contribution >= 4 is 5.91 Å². The highest BCUT2D eigenvalue weighted by molar-refractivity contribution is 5.94. The number of piperidine rings is 1. The van der Waals surface area contributed by atoms with Crippen LogP contribution in [0.4, 0.5) is 0 Å². The number of aromatic amines is 1. The summed E-state index contributed by atoms with van der Waals surface area (Å²) < 4.78 is 0. The van der Waals surface area contributed by atoms with Gasteiger partial charge in [-0.05, 0) is 25.8 Å². The lowest BCUT2D eigenvalue weighted by Crippen LogP contribution is -2.48. The predicted octanol–water partition coefficient (Wildman–Crippen LogP) is 0.362. The maximum absolute atomic E-state index is 12.1. The van der Waals surface area contributed by atoms with Gasteiger partial charge in [-0.25, -0.2) is 0 Å². The van der Waals surface area contributed by atoms with Crippen LogP contribution >= 0.6 is 0 Å². The summed E-state index contributed by atoms with van der Waals surface area (Å²) in [4.78, 5) is 27.3. The van der Waals surface area contributed by atoms with Crippen molar-refractivity contribution in [2.24, 2.45) is 0 Å². The topological polar surface area (TPSA) is 73.4 Å². The predicted molar refractivity (Wildman–Crippen MR) is 62.8 cm³/mol. The molecule has 1 fully saturated rings. The minimum Gasteiger partial charge on any atom is -0.388 e. The summed E-state index contributed by atoms with van der Waals surface area (Å²) in [5, 5.41) is 9.93. The van der Waals surface area contributed by atoms with E-state index in [0.717, 1.165) is 6.42 Å². The first-order valence-electron chi connectivity index (χ1n) is 5.68. The number of carbonyl (C=O) groups is 1. The molecule has 2 heterocycles. The van der Waals surface area contributed by atoms with Crippen molar-refractivity contribution < 1.29 is 9.90 Å². The zero-order valence-electron chi connectivity index (χ0n) is 9.77. The maximum Gasteiger partial charge on any atom is 0.254 e. The summed E-state index contributed by atoms with van der Waals surface area (Å²) in [6, 6.07) is 2.86. The molecule has 0 saturated carbocycles. The SMILES string of the molecule is CC1(O)CCCN(C(=O)c2cc[nH]c(=O)c2)C1. The van der Waals surface area contributed by atoms with Crippen molar-refractivity contribution in [2.45, 2.75) is 25.4 Å². The molecule has 1 atom stereocenters. The van der Waals surface area contributed by atoms with E-state index in [1.165, 1.54) is 12.3 Å². The summed E-state index contributed by atoms with van der Waals surface area (Å²) in [6.07, 6.45) is 2.94. The van der Waals surface area contributed by atoms with Crippen LogP contribution in [0.1, 0.15) is 30.1 Å². The molecule has 5 heteroatoms. The van der Waals surface area contributed by atoms with Gasteiger partial charge in [0.2, 0.25) is 5.56 Å². The second-order valence-corrected chi connectivity index (χ2v) is 4.77. The van der Waals surface area contributed by atoms with Crippen LogP contribution in [-0.2, 0) is 0 Å². The number of likely N-dealkylation sites (tertiary alicyclic amines) is 1. The van der Waals surface area contributed by atoms with Crippen molar-refractivity contribution in [3.63, 3.8) is 0 Å². The minimum absolute atomic E-state index is 0.198. The first-order chi connectivity index (χ1) is 7.98. The van der Waals surface area contributed by atoms with Crippen LogP contribution in [0.2, 0.25) is 0 Å². The number of nitrogens with one attached hydrogen (secondary N) is 1. The number of hydrogen-bond donors (Lipinski definition) is 2. The second-order valence-electron chi connectivity index (χ2n) is 4.77. The van der Waals surface area contributed by atoms with E-state index in [1.54, 1.807) is 17.9 Å². The van der Waals surface area contributed by atoms with Crippen molar-refractivity contribution in [2.75, 3.05) is 13.1 Å². The lowest BCUT2D eigenvalue weighted by atomic mass is 9.95. The molecule has 0 aromatic carbocycles. The number of nitrogens with zero attached hydrogens (tertiary/aromatic N) is 1. The normalized spacial score (nSPS) is 24.7. The van der Waals surface area contributed by atoms with Gasteiger partial charge >= 0.3 is 0 Å². The number of amides is 1. The van der Waals surface area contributed by atoms with Crippen LogP contribution in [0.5, 0.6) is 0 Å². The van der Waals surface area contributed by atoms with E-state index >= 15 is 0 Å². The summed E-state index contributed by atoms with van der Waals surface area (Å²) in [7, 11) is 0. The van der Waals surface area contributed by atoms with Gasteiger partial charge in [0.05, 0.1) is 5.60 Å². The molecule has 5 nitrogen and oxygen atoms in total. The third-order valence-corrected chi connectivity index (χ3v) is 2.98. The molecule has 1 aliphatic heterocycles. The van der Waals surface area contributed by atoms with Gasteiger partial charge in [-0.2, -0.15) is 0 Å². The Hall–Kier alpha value is -1.62. The number of β-amino-alcohol motifs (C(OH)–C–C–N with tert-alkyl or cyclic N) is 1. The zero-order chi connectivity index (χ0) is 12.5. The van der Waals surface area contributed by atoms with Gasteiger partial charge in [0.1, 0.15) is 0 Å². The van der Waals surface area contributed by atoms with E-state index in [1.807, 2.05) is 0 Å². The number of aliphatic hydroxyl groups is 1. The lowest BCUT2D eigenvalue weighted by Gasteiger charge is -2.36. The van der Waals surface area contributed by atoms with Crippen LogP contribution in [0.15, 0.2) is 23.1 Å². The number of hydrogen-bond acceptors (Lipinski definition) is 3. The number of pyridine rings is 1. The smallest absolute Gasteiger partial charge is 0.254 e. The zero-order valence-corrected chi connectivity index (χ0v) is 9.77.